The van der Waals surface area contributed by atoms with Crippen LogP contribution in [0.25, 0.3) is 0 Å². The molecule has 1 amide bonds. The van der Waals surface area contributed by atoms with E-state index in [4.69, 9.17) is 4.74 Å². The van der Waals surface area contributed by atoms with E-state index in [1.54, 1.807) is 29.1 Å². The average Bonchev–Trinajstić information content (AvgIpc) is 3.15. The van der Waals surface area contributed by atoms with Crippen LogP contribution in [0.2, 0.25) is 0 Å². The van der Waals surface area contributed by atoms with Crippen LogP contribution >= 0.6 is 0 Å². The summed E-state index contributed by atoms with van der Waals surface area (Å²) in [6.07, 6.45) is 3.16. The van der Waals surface area contributed by atoms with Gasteiger partial charge in [0.05, 0.1) is 31.5 Å². The van der Waals surface area contributed by atoms with Gasteiger partial charge in [0.15, 0.2) is 0 Å². The minimum absolute atomic E-state index is 0.359. The fourth-order valence-electron chi connectivity index (χ4n) is 2.64. The Morgan fingerprint density at radius 3 is 2.69 bits per heavy atom. The summed E-state index contributed by atoms with van der Waals surface area (Å²) in [5.41, 5.74) is 2.10. The highest BCUT2D eigenvalue weighted by Crippen LogP contribution is 2.24. The Labute approximate surface area is 151 Å². The molecule has 0 aliphatic rings. The van der Waals surface area contributed by atoms with Gasteiger partial charge in [0, 0.05) is 11.8 Å². The average molecular weight is 346 g/mol. The zero-order valence-corrected chi connectivity index (χ0v) is 14.3. The van der Waals surface area contributed by atoms with Crippen LogP contribution in [0.4, 0.5) is 0 Å². The lowest BCUT2D eigenvalue weighted by Crippen LogP contribution is -2.27. The minimum Gasteiger partial charge on any atom is -0.496 e. The van der Waals surface area contributed by atoms with Gasteiger partial charge in [0.25, 0.3) is 5.91 Å². The van der Waals surface area contributed by atoms with Crippen molar-refractivity contribution in [3.63, 3.8) is 0 Å². The molecule has 0 spiro atoms. The van der Waals surface area contributed by atoms with Crippen LogP contribution < -0.4 is 10.1 Å². The first-order valence-corrected chi connectivity index (χ1v) is 8.11. The molecule has 6 heteroatoms. The molecular weight excluding hydrogens is 328 g/mol. The third-order valence-corrected chi connectivity index (χ3v) is 3.94. The lowest BCUT2D eigenvalue weighted by atomic mass is 10.1. The zero-order valence-electron chi connectivity index (χ0n) is 14.3. The van der Waals surface area contributed by atoms with Gasteiger partial charge >= 0.3 is 0 Å². The van der Waals surface area contributed by atoms with Gasteiger partial charge in [-0.15, -0.1) is 0 Å². The number of nitriles is 1. The first-order chi connectivity index (χ1) is 12.7. The molecule has 0 fully saturated rings. The van der Waals surface area contributed by atoms with Crippen LogP contribution in [0, 0.1) is 11.3 Å². The number of aromatic nitrogens is 2. The van der Waals surface area contributed by atoms with Crippen LogP contribution in [-0.4, -0.2) is 22.8 Å². The maximum Gasteiger partial charge on any atom is 0.255 e. The number of hydrogen-bond acceptors (Lipinski definition) is 4. The molecule has 0 saturated heterocycles. The molecule has 0 bridgehead atoms. The Kier molecular flexibility index (Phi) is 5.30. The second-order valence-corrected chi connectivity index (χ2v) is 5.69. The molecule has 1 N–H and O–H groups in total. The second kappa shape index (κ2) is 7.99. The van der Waals surface area contributed by atoms with Crippen molar-refractivity contribution in [2.45, 2.75) is 12.6 Å². The lowest BCUT2D eigenvalue weighted by molar-refractivity contribution is 0.0944. The van der Waals surface area contributed by atoms with Crippen molar-refractivity contribution in [3.05, 3.63) is 83.7 Å². The van der Waals surface area contributed by atoms with E-state index in [-0.39, 0.29) is 5.91 Å². The highest BCUT2D eigenvalue weighted by molar-refractivity contribution is 5.94. The standard InChI is InChI=1S/C20H18N4O2/c1-26-19-10-6-5-9-17(19)18(11-21)23-20(25)16-12-22-24(14-16)13-15-7-3-2-4-8-15/h2-10,12,14,18H,13H2,1H3,(H,23,25)/t18-/m1/s1. The number of carbonyl (C=O) groups excluding carboxylic acids is 1. The van der Waals surface area contributed by atoms with Crippen LogP contribution in [-0.2, 0) is 6.54 Å². The zero-order chi connectivity index (χ0) is 18.4. The topological polar surface area (TPSA) is 79.9 Å². The van der Waals surface area contributed by atoms with Crippen LogP contribution in [0.15, 0.2) is 67.0 Å². The highest BCUT2D eigenvalue weighted by atomic mass is 16.5. The molecule has 3 aromatic rings. The van der Waals surface area contributed by atoms with Crippen molar-refractivity contribution in [3.8, 4) is 11.8 Å². The number of rotatable bonds is 6. The van der Waals surface area contributed by atoms with E-state index in [2.05, 4.69) is 16.5 Å². The molecule has 0 aliphatic carbocycles. The summed E-state index contributed by atoms with van der Waals surface area (Å²) in [7, 11) is 1.53. The van der Waals surface area contributed by atoms with Crippen LogP contribution in [0.3, 0.4) is 0 Å². The summed E-state index contributed by atoms with van der Waals surface area (Å²) < 4.78 is 6.96. The molecule has 1 aromatic heterocycles. The second-order valence-electron chi connectivity index (χ2n) is 5.69. The molecule has 130 valence electrons. The summed E-state index contributed by atoms with van der Waals surface area (Å²) in [6, 6.07) is 18.3. The van der Waals surface area contributed by atoms with E-state index in [0.717, 1.165) is 5.56 Å². The van der Waals surface area contributed by atoms with Crippen molar-refractivity contribution in [2.75, 3.05) is 7.11 Å². The smallest absolute Gasteiger partial charge is 0.255 e. The maximum absolute atomic E-state index is 12.5. The predicted molar refractivity (Wildman–Crippen MR) is 96.6 cm³/mol. The summed E-state index contributed by atoms with van der Waals surface area (Å²) in [5.74, 6) is 0.195. The predicted octanol–water partition coefficient (Wildman–Crippen LogP) is 2.93. The van der Waals surface area contributed by atoms with Crippen LogP contribution in [0.5, 0.6) is 5.75 Å². The van der Waals surface area contributed by atoms with Crippen molar-refractivity contribution in [2.24, 2.45) is 0 Å². The fourth-order valence-corrected chi connectivity index (χ4v) is 2.64. The van der Waals surface area contributed by atoms with E-state index < -0.39 is 6.04 Å². The van der Waals surface area contributed by atoms with Crippen molar-refractivity contribution in [1.82, 2.24) is 15.1 Å². The summed E-state index contributed by atoms with van der Waals surface area (Å²) in [6.45, 7) is 0.572. The Morgan fingerprint density at radius 1 is 1.23 bits per heavy atom. The van der Waals surface area contributed by atoms with E-state index in [0.29, 0.717) is 23.4 Å². The first-order valence-electron chi connectivity index (χ1n) is 8.11. The summed E-state index contributed by atoms with van der Waals surface area (Å²) in [5, 5.41) is 16.4. The Morgan fingerprint density at radius 2 is 1.96 bits per heavy atom. The maximum atomic E-state index is 12.5. The van der Waals surface area contributed by atoms with Crippen molar-refractivity contribution in [1.29, 1.82) is 5.26 Å². The Balaban J connectivity index is 1.72. The Bertz CT molecular complexity index is 928. The van der Waals surface area contributed by atoms with Gasteiger partial charge < -0.3 is 10.1 Å². The van der Waals surface area contributed by atoms with Crippen molar-refractivity contribution >= 4 is 5.91 Å². The number of carbonyl (C=O) groups is 1. The number of methoxy groups -OCH3 is 1. The van der Waals surface area contributed by atoms with Gasteiger partial charge in [0.2, 0.25) is 0 Å². The molecule has 1 heterocycles. The molecule has 0 aliphatic heterocycles. The molecule has 2 aromatic carbocycles. The summed E-state index contributed by atoms with van der Waals surface area (Å²) >= 11 is 0. The molecule has 0 unspecified atom stereocenters. The fraction of sp³-hybridized carbons (Fsp3) is 0.150. The van der Waals surface area contributed by atoms with Crippen LogP contribution in [0.1, 0.15) is 27.5 Å². The van der Waals surface area contributed by atoms with E-state index in [1.807, 2.05) is 36.4 Å². The van der Waals surface area contributed by atoms with E-state index in [9.17, 15) is 10.1 Å². The third kappa shape index (κ3) is 3.90. The van der Waals surface area contributed by atoms with E-state index >= 15 is 0 Å². The normalized spacial score (nSPS) is 11.4. The van der Waals surface area contributed by atoms with E-state index in [1.165, 1.54) is 13.3 Å². The van der Waals surface area contributed by atoms with Gasteiger partial charge in [-0.2, -0.15) is 10.4 Å². The highest BCUT2D eigenvalue weighted by Gasteiger charge is 2.19. The monoisotopic (exact) mass is 346 g/mol. The van der Waals surface area contributed by atoms with Gasteiger partial charge in [-0.3, -0.25) is 9.48 Å². The lowest BCUT2D eigenvalue weighted by Gasteiger charge is -2.14. The molecule has 26 heavy (non-hydrogen) atoms. The molecule has 1 atom stereocenters. The third-order valence-electron chi connectivity index (χ3n) is 3.94. The SMILES string of the molecule is COc1ccccc1[C@@H](C#N)NC(=O)c1cnn(Cc2ccccc2)c1. The number of benzene rings is 2. The van der Waals surface area contributed by atoms with Gasteiger partial charge in [-0.25, -0.2) is 0 Å². The molecule has 6 nitrogen and oxygen atoms in total. The first kappa shape index (κ1) is 17.2. The number of nitrogens with zero attached hydrogens (tertiary/aromatic N) is 3. The minimum atomic E-state index is -0.809. The number of amides is 1. The number of hydrogen-bond donors (Lipinski definition) is 1. The Hall–Kier alpha value is -3.59. The number of ether oxygens (including phenoxy) is 1. The molecular formula is C20H18N4O2. The molecule has 3 rings (SSSR count). The number of nitrogens with one attached hydrogen (secondary N) is 1. The molecule has 0 saturated carbocycles. The van der Waals surface area contributed by atoms with Gasteiger partial charge in [-0.05, 0) is 11.6 Å². The van der Waals surface area contributed by atoms with Crippen molar-refractivity contribution < 1.29 is 9.53 Å². The van der Waals surface area contributed by atoms with Gasteiger partial charge in [-0.1, -0.05) is 48.5 Å². The molecule has 0 radical (unpaired) electrons. The number of para-hydroxylation sites is 1. The summed E-state index contributed by atoms with van der Waals surface area (Å²) in [4.78, 5) is 12.5. The largest absolute Gasteiger partial charge is 0.496 e. The van der Waals surface area contributed by atoms with Gasteiger partial charge in [0.1, 0.15) is 11.8 Å². The quantitative estimate of drug-likeness (QED) is 0.744.